The molecule has 2 N–H and O–H groups in total. The van der Waals surface area contributed by atoms with Gasteiger partial charge in [0.25, 0.3) is 5.91 Å². The second-order valence-corrected chi connectivity index (χ2v) is 9.27. The van der Waals surface area contributed by atoms with E-state index in [1.54, 1.807) is 24.3 Å². The lowest BCUT2D eigenvalue weighted by atomic mass is 10.1. The zero-order valence-corrected chi connectivity index (χ0v) is 20.0. The van der Waals surface area contributed by atoms with Crippen LogP contribution in [-0.2, 0) is 9.59 Å². The molecule has 11 heteroatoms. The standard InChI is InChI=1S/C25H17F2N3O4S2/c26-18-9-6-15(12-19(18)27)20-3-1-2-17(28-20)13-21-23(32)30(25(35)36-21)11-10-22(31)29-16-7-4-14(5-8-16)24(33)34/h1-9,12-13H,10-11H2,(H,29,31)(H,33,34)/b21-13-. The molecule has 0 spiro atoms. The van der Waals surface area contributed by atoms with Gasteiger partial charge in [-0.25, -0.2) is 18.6 Å². The smallest absolute Gasteiger partial charge is 0.335 e. The number of carbonyl (C=O) groups is 3. The molecule has 1 saturated heterocycles. The molecule has 0 atom stereocenters. The van der Waals surface area contributed by atoms with Gasteiger partial charge in [0.15, 0.2) is 11.6 Å². The number of nitrogens with zero attached hydrogens (tertiary/aromatic N) is 2. The lowest BCUT2D eigenvalue weighted by Crippen LogP contribution is -2.31. The van der Waals surface area contributed by atoms with Gasteiger partial charge in [-0.05, 0) is 60.7 Å². The zero-order valence-electron chi connectivity index (χ0n) is 18.4. The highest BCUT2D eigenvalue weighted by molar-refractivity contribution is 8.26. The number of rotatable bonds is 7. The molecule has 2 amide bonds. The fourth-order valence-electron chi connectivity index (χ4n) is 3.31. The summed E-state index contributed by atoms with van der Waals surface area (Å²) < 4.78 is 27.1. The Morgan fingerprint density at radius 3 is 2.53 bits per heavy atom. The molecule has 0 bridgehead atoms. The monoisotopic (exact) mass is 525 g/mol. The number of thiocarbonyl (C=S) groups is 1. The molecule has 0 radical (unpaired) electrons. The molecule has 3 aromatic rings. The predicted octanol–water partition coefficient (Wildman–Crippen LogP) is 4.96. The first-order valence-electron chi connectivity index (χ1n) is 10.5. The van der Waals surface area contributed by atoms with E-state index >= 15 is 0 Å². The van der Waals surface area contributed by atoms with Crippen LogP contribution in [0.4, 0.5) is 14.5 Å². The van der Waals surface area contributed by atoms with Crippen molar-refractivity contribution in [3.63, 3.8) is 0 Å². The summed E-state index contributed by atoms with van der Waals surface area (Å²) in [5.74, 6) is -3.74. The second-order valence-electron chi connectivity index (χ2n) is 7.59. The van der Waals surface area contributed by atoms with Gasteiger partial charge >= 0.3 is 5.97 Å². The van der Waals surface area contributed by atoms with Crippen molar-refractivity contribution >= 4 is 57.8 Å². The molecule has 182 valence electrons. The summed E-state index contributed by atoms with van der Waals surface area (Å²) in [5.41, 5.74) is 1.76. The maximum Gasteiger partial charge on any atom is 0.335 e. The van der Waals surface area contributed by atoms with Crippen molar-refractivity contribution in [2.24, 2.45) is 0 Å². The molecule has 0 saturated carbocycles. The quantitative estimate of drug-likeness (QED) is 0.332. The van der Waals surface area contributed by atoms with Gasteiger partial charge in [0.2, 0.25) is 5.91 Å². The van der Waals surface area contributed by atoms with E-state index in [1.807, 2.05) is 0 Å². The zero-order chi connectivity index (χ0) is 25.8. The first kappa shape index (κ1) is 25.1. The van der Waals surface area contributed by atoms with Gasteiger partial charge < -0.3 is 10.4 Å². The Bertz CT molecular complexity index is 1410. The summed E-state index contributed by atoms with van der Waals surface area (Å²) in [6.45, 7) is 0.0589. The van der Waals surface area contributed by atoms with Gasteiger partial charge in [-0.3, -0.25) is 14.5 Å². The molecule has 1 aliphatic heterocycles. The van der Waals surface area contributed by atoms with Crippen molar-refractivity contribution in [3.05, 3.63) is 88.5 Å². The number of hydrogen-bond donors (Lipinski definition) is 2. The number of thioether (sulfide) groups is 1. The Labute approximate surface area is 213 Å². The Morgan fingerprint density at radius 1 is 1.08 bits per heavy atom. The van der Waals surface area contributed by atoms with Gasteiger partial charge in [0, 0.05) is 24.2 Å². The minimum atomic E-state index is -1.07. The first-order chi connectivity index (χ1) is 17.2. The number of aromatic nitrogens is 1. The average molecular weight is 526 g/mol. The molecule has 4 rings (SSSR count). The molecular weight excluding hydrogens is 508 g/mol. The van der Waals surface area contributed by atoms with E-state index in [2.05, 4.69) is 10.3 Å². The molecule has 1 aliphatic rings. The van der Waals surface area contributed by atoms with Crippen LogP contribution in [0, 0.1) is 11.6 Å². The van der Waals surface area contributed by atoms with Gasteiger partial charge in [-0.15, -0.1) is 0 Å². The number of hydrogen-bond acceptors (Lipinski definition) is 6. The van der Waals surface area contributed by atoms with Crippen molar-refractivity contribution in [2.75, 3.05) is 11.9 Å². The third-order valence-corrected chi connectivity index (χ3v) is 6.49. The Kier molecular flexibility index (Phi) is 7.51. The normalized spacial score (nSPS) is 14.4. The maximum absolute atomic E-state index is 13.6. The van der Waals surface area contributed by atoms with E-state index < -0.39 is 17.6 Å². The highest BCUT2D eigenvalue weighted by atomic mass is 32.2. The number of aromatic carboxylic acids is 1. The average Bonchev–Trinajstić information content (AvgIpc) is 3.12. The van der Waals surface area contributed by atoms with Gasteiger partial charge in [0.1, 0.15) is 4.32 Å². The molecule has 1 fully saturated rings. The van der Waals surface area contributed by atoms with Gasteiger partial charge in [0.05, 0.1) is 21.9 Å². The van der Waals surface area contributed by atoms with Crippen molar-refractivity contribution in [1.29, 1.82) is 0 Å². The number of carboxylic acid groups (broad SMARTS) is 1. The molecule has 1 aromatic heterocycles. The minimum Gasteiger partial charge on any atom is -0.478 e. The first-order valence-corrected chi connectivity index (χ1v) is 11.7. The molecule has 0 unspecified atom stereocenters. The third-order valence-electron chi connectivity index (χ3n) is 5.12. The highest BCUT2D eigenvalue weighted by Crippen LogP contribution is 2.32. The lowest BCUT2D eigenvalue weighted by Gasteiger charge is -2.14. The van der Waals surface area contributed by atoms with Crippen LogP contribution in [0.5, 0.6) is 0 Å². The van der Waals surface area contributed by atoms with Crippen LogP contribution in [0.15, 0.2) is 65.6 Å². The Morgan fingerprint density at radius 2 is 1.83 bits per heavy atom. The van der Waals surface area contributed by atoms with E-state index in [0.717, 1.165) is 23.9 Å². The lowest BCUT2D eigenvalue weighted by molar-refractivity contribution is -0.122. The van der Waals surface area contributed by atoms with E-state index in [4.69, 9.17) is 17.3 Å². The molecular formula is C25H17F2N3O4S2. The van der Waals surface area contributed by atoms with E-state index in [0.29, 0.717) is 31.9 Å². The summed E-state index contributed by atoms with van der Waals surface area (Å²) in [5, 5.41) is 11.6. The van der Waals surface area contributed by atoms with E-state index in [1.165, 1.54) is 35.2 Å². The van der Waals surface area contributed by atoms with Crippen LogP contribution in [-0.4, -0.2) is 43.6 Å². The Balaban J connectivity index is 1.40. The number of carboxylic acids is 1. The summed E-state index contributed by atoms with van der Waals surface area (Å²) in [6, 6.07) is 14.2. The largest absolute Gasteiger partial charge is 0.478 e. The van der Waals surface area contributed by atoms with Crippen LogP contribution >= 0.6 is 24.0 Å². The maximum atomic E-state index is 13.6. The van der Waals surface area contributed by atoms with E-state index in [9.17, 15) is 23.2 Å². The molecule has 2 aromatic carbocycles. The van der Waals surface area contributed by atoms with Crippen LogP contribution in [0.3, 0.4) is 0 Å². The number of anilines is 1. The summed E-state index contributed by atoms with van der Waals surface area (Å²) in [7, 11) is 0. The highest BCUT2D eigenvalue weighted by Gasteiger charge is 2.32. The third kappa shape index (κ3) is 5.81. The summed E-state index contributed by atoms with van der Waals surface area (Å²) >= 11 is 6.38. The SMILES string of the molecule is O=C(CCN1C(=O)/C(=C/c2cccc(-c3ccc(F)c(F)c3)n2)SC1=S)Nc1ccc(C(=O)O)cc1. The number of carbonyl (C=O) groups excluding carboxylic acids is 2. The van der Waals surface area contributed by atoms with Crippen molar-refractivity contribution in [1.82, 2.24) is 9.88 Å². The summed E-state index contributed by atoms with van der Waals surface area (Å²) in [6.07, 6.45) is 1.52. The van der Waals surface area contributed by atoms with Crippen LogP contribution in [0.1, 0.15) is 22.5 Å². The minimum absolute atomic E-state index is 0.0235. The molecule has 2 heterocycles. The fraction of sp³-hybridized carbons (Fsp3) is 0.0800. The van der Waals surface area contributed by atoms with Crippen LogP contribution in [0.2, 0.25) is 0 Å². The fourth-order valence-corrected chi connectivity index (χ4v) is 4.60. The number of amides is 2. The van der Waals surface area contributed by atoms with Gasteiger partial charge in [-0.2, -0.15) is 0 Å². The molecule has 7 nitrogen and oxygen atoms in total. The van der Waals surface area contributed by atoms with Crippen molar-refractivity contribution in [3.8, 4) is 11.3 Å². The Hall–Kier alpha value is -3.96. The summed E-state index contributed by atoms with van der Waals surface area (Å²) in [4.78, 5) is 42.1. The number of pyridine rings is 1. The van der Waals surface area contributed by atoms with Crippen LogP contribution in [0.25, 0.3) is 17.3 Å². The van der Waals surface area contributed by atoms with Gasteiger partial charge in [-0.1, -0.05) is 30.0 Å². The van der Waals surface area contributed by atoms with Crippen molar-refractivity contribution in [2.45, 2.75) is 6.42 Å². The number of benzene rings is 2. The molecule has 0 aliphatic carbocycles. The number of nitrogens with one attached hydrogen (secondary N) is 1. The van der Waals surface area contributed by atoms with Crippen LogP contribution < -0.4 is 5.32 Å². The van der Waals surface area contributed by atoms with E-state index in [-0.39, 0.29) is 30.3 Å². The molecule has 36 heavy (non-hydrogen) atoms. The number of halogens is 2. The topological polar surface area (TPSA) is 99.6 Å². The second kappa shape index (κ2) is 10.8. The predicted molar refractivity (Wildman–Crippen MR) is 136 cm³/mol. The van der Waals surface area contributed by atoms with Crippen molar-refractivity contribution < 1.29 is 28.3 Å².